The Morgan fingerprint density at radius 3 is 2.14 bits per heavy atom. The molecule has 0 atom stereocenters. The van der Waals surface area contributed by atoms with Gasteiger partial charge in [0.25, 0.3) is 0 Å². The molecule has 4 aromatic rings. The van der Waals surface area contributed by atoms with Gasteiger partial charge in [0.15, 0.2) is 0 Å². The second-order valence-electron chi connectivity index (χ2n) is 7.18. The van der Waals surface area contributed by atoms with Gasteiger partial charge in [0.05, 0.1) is 23.5 Å². The molecule has 1 heterocycles. The molecule has 4 nitrogen and oxygen atoms in total. The van der Waals surface area contributed by atoms with E-state index in [1.807, 2.05) is 79.2 Å². The van der Waals surface area contributed by atoms with Crippen molar-refractivity contribution in [1.82, 2.24) is 9.78 Å². The maximum Gasteiger partial charge on any atom is 0.307 e. The Hall–Kier alpha value is -3.66. The number of aliphatic carboxylic acids is 1. The maximum absolute atomic E-state index is 11.8. The van der Waals surface area contributed by atoms with Crippen LogP contribution in [0.1, 0.15) is 16.7 Å². The van der Waals surface area contributed by atoms with E-state index in [0.29, 0.717) is 5.69 Å². The Bertz CT molecular complexity index is 1160. The van der Waals surface area contributed by atoms with Crippen LogP contribution >= 0.6 is 0 Å². The van der Waals surface area contributed by atoms with E-state index in [4.69, 9.17) is 5.10 Å². The summed E-state index contributed by atoms with van der Waals surface area (Å²) >= 11 is 0. The molecule has 0 spiro atoms. The lowest BCUT2D eigenvalue weighted by Crippen LogP contribution is -2.05. The van der Waals surface area contributed by atoms with Gasteiger partial charge in [-0.2, -0.15) is 5.10 Å². The van der Waals surface area contributed by atoms with Crippen molar-refractivity contribution >= 4 is 5.97 Å². The first-order valence-corrected chi connectivity index (χ1v) is 9.57. The van der Waals surface area contributed by atoms with E-state index >= 15 is 0 Å². The van der Waals surface area contributed by atoms with Crippen molar-refractivity contribution in [2.45, 2.75) is 20.3 Å². The summed E-state index contributed by atoms with van der Waals surface area (Å²) in [6.07, 6.45) is -0.0979. The Kier molecular flexibility index (Phi) is 5.00. The van der Waals surface area contributed by atoms with Crippen LogP contribution in [0.25, 0.3) is 28.2 Å². The van der Waals surface area contributed by atoms with E-state index in [-0.39, 0.29) is 6.42 Å². The fourth-order valence-electron chi connectivity index (χ4n) is 3.61. The number of aryl methyl sites for hydroxylation is 2. The third kappa shape index (κ3) is 3.69. The van der Waals surface area contributed by atoms with E-state index in [1.165, 1.54) is 0 Å². The highest BCUT2D eigenvalue weighted by molar-refractivity contribution is 5.82. The normalized spacial score (nSPS) is 10.8. The van der Waals surface area contributed by atoms with Crippen molar-refractivity contribution in [1.29, 1.82) is 0 Å². The predicted octanol–water partition coefficient (Wildman–Crippen LogP) is 5.45. The third-order valence-corrected chi connectivity index (χ3v) is 5.00. The fourth-order valence-corrected chi connectivity index (χ4v) is 3.61. The highest BCUT2D eigenvalue weighted by Crippen LogP contribution is 2.35. The van der Waals surface area contributed by atoms with Gasteiger partial charge in [-0.15, -0.1) is 0 Å². The molecule has 144 valence electrons. The largest absolute Gasteiger partial charge is 0.481 e. The molecule has 1 aromatic heterocycles. The predicted molar refractivity (Wildman–Crippen MR) is 115 cm³/mol. The van der Waals surface area contributed by atoms with Crippen LogP contribution in [0.5, 0.6) is 0 Å². The number of carboxylic acids is 1. The molecule has 0 aliphatic rings. The Morgan fingerprint density at radius 2 is 1.52 bits per heavy atom. The lowest BCUT2D eigenvalue weighted by molar-refractivity contribution is -0.136. The SMILES string of the molecule is Cc1ccc(C)c(-n2nc(-c3ccccc3)c(CC(=O)O)c2-c2ccccc2)c1. The van der Waals surface area contributed by atoms with E-state index in [2.05, 4.69) is 18.2 Å². The minimum absolute atomic E-state index is 0.0979. The van der Waals surface area contributed by atoms with Gasteiger partial charge in [0, 0.05) is 16.7 Å². The zero-order chi connectivity index (χ0) is 20.4. The zero-order valence-electron chi connectivity index (χ0n) is 16.5. The van der Waals surface area contributed by atoms with Crippen LogP contribution < -0.4 is 0 Å². The van der Waals surface area contributed by atoms with E-state index in [0.717, 1.165) is 39.2 Å². The number of hydrogen-bond donors (Lipinski definition) is 1. The highest BCUT2D eigenvalue weighted by Gasteiger charge is 2.23. The summed E-state index contributed by atoms with van der Waals surface area (Å²) in [5.74, 6) is -0.875. The van der Waals surface area contributed by atoms with Crippen LogP contribution in [-0.4, -0.2) is 20.9 Å². The molecular weight excluding hydrogens is 360 g/mol. The average molecular weight is 382 g/mol. The van der Waals surface area contributed by atoms with Crippen LogP contribution in [0.3, 0.4) is 0 Å². The molecule has 0 fully saturated rings. The van der Waals surface area contributed by atoms with Crippen molar-refractivity contribution in [3.63, 3.8) is 0 Å². The number of carboxylic acid groups (broad SMARTS) is 1. The second kappa shape index (κ2) is 7.76. The molecule has 0 unspecified atom stereocenters. The van der Waals surface area contributed by atoms with Crippen molar-refractivity contribution in [3.05, 3.63) is 95.6 Å². The van der Waals surface area contributed by atoms with Crippen molar-refractivity contribution in [2.75, 3.05) is 0 Å². The molecule has 3 aromatic carbocycles. The quantitative estimate of drug-likeness (QED) is 0.499. The summed E-state index contributed by atoms with van der Waals surface area (Å²) in [6.45, 7) is 4.09. The molecular formula is C25H22N2O2. The van der Waals surface area contributed by atoms with Gasteiger partial charge in [-0.3, -0.25) is 4.79 Å². The standard InChI is InChI=1S/C25H22N2O2/c1-17-13-14-18(2)22(15-17)27-25(20-11-7-4-8-12-20)21(16-23(28)29)24(26-27)19-9-5-3-6-10-19/h3-15H,16H2,1-2H3,(H,28,29). The van der Waals surface area contributed by atoms with Gasteiger partial charge in [-0.25, -0.2) is 4.68 Å². The van der Waals surface area contributed by atoms with Crippen molar-refractivity contribution < 1.29 is 9.90 Å². The summed E-state index contributed by atoms with van der Waals surface area (Å²) < 4.78 is 1.90. The summed E-state index contributed by atoms with van der Waals surface area (Å²) in [7, 11) is 0. The van der Waals surface area contributed by atoms with Gasteiger partial charge >= 0.3 is 5.97 Å². The van der Waals surface area contributed by atoms with Gasteiger partial charge in [-0.1, -0.05) is 72.8 Å². The molecule has 4 rings (SSSR count). The van der Waals surface area contributed by atoms with Crippen LogP contribution in [0.2, 0.25) is 0 Å². The van der Waals surface area contributed by atoms with Crippen molar-refractivity contribution in [2.24, 2.45) is 0 Å². The number of aromatic nitrogens is 2. The molecule has 1 N–H and O–H groups in total. The minimum Gasteiger partial charge on any atom is -0.481 e. The number of carbonyl (C=O) groups is 1. The number of hydrogen-bond acceptors (Lipinski definition) is 2. The molecule has 0 amide bonds. The first kappa shape index (κ1) is 18.7. The van der Waals surface area contributed by atoms with Crippen LogP contribution in [0, 0.1) is 13.8 Å². The number of nitrogens with zero attached hydrogens (tertiary/aromatic N) is 2. The van der Waals surface area contributed by atoms with E-state index < -0.39 is 5.97 Å². The molecule has 0 saturated carbocycles. The van der Waals surface area contributed by atoms with E-state index in [9.17, 15) is 9.90 Å². The summed E-state index contributed by atoms with van der Waals surface area (Å²) in [5, 5.41) is 14.6. The zero-order valence-corrected chi connectivity index (χ0v) is 16.5. The highest BCUT2D eigenvalue weighted by atomic mass is 16.4. The Morgan fingerprint density at radius 1 is 0.897 bits per heavy atom. The van der Waals surface area contributed by atoms with Crippen LogP contribution in [-0.2, 0) is 11.2 Å². The first-order chi connectivity index (χ1) is 14.0. The monoisotopic (exact) mass is 382 g/mol. The topological polar surface area (TPSA) is 55.1 Å². The van der Waals surface area contributed by atoms with E-state index in [1.54, 1.807) is 0 Å². The van der Waals surface area contributed by atoms with Gasteiger partial charge in [0.2, 0.25) is 0 Å². The van der Waals surface area contributed by atoms with Crippen LogP contribution in [0.4, 0.5) is 0 Å². The summed E-state index contributed by atoms with van der Waals surface area (Å²) in [5.41, 5.74) is 7.25. The molecule has 0 bridgehead atoms. The maximum atomic E-state index is 11.8. The van der Waals surface area contributed by atoms with Gasteiger partial charge < -0.3 is 5.11 Å². The molecule has 0 aliphatic heterocycles. The number of benzene rings is 3. The summed E-state index contributed by atoms with van der Waals surface area (Å²) in [6, 6.07) is 25.9. The third-order valence-electron chi connectivity index (χ3n) is 5.00. The molecule has 0 radical (unpaired) electrons. The average Bonchev–Trinajstić information content (AvgIpc) is 3.09. The fraction of sp³-hybridized carbons (Fsp3) is 0.120. The van der Waals surface area contributed by atoms with Gasteiger partial charge in [0.1, 0.15) is 0 Å². The smallest absolute Gasteiger partial charge is 0.307 e. The Labute approximate surface area is 170 Å². The number of rotatable bonds is 5. The molecule has 0 saturated heterocycles. The molecule has 29 heavy (non-hydrogen) atoms. The minimum atomic E-state index is -0.875. The first-order valence-electron chi connectivity index (χ1n) is 9.57. The lowest BCUT2D eigenvalue weighted by Gasteiger charge is -2.12. The Balaban J connectivity index is 2.08. The lowest BCUT2D eigenvalue weighted by atomic mass is 9.99. The molecule has 0 aliphatic carbocycles. The van der Waals surface area contributed by atoms with Crippen LogP contribution in [0.15, 0.2) is 78.9 Å². The van der Waals surface area contributed by atoms with Gasteiger partial charge in [-0.05, 0) is 31.0 Å². The molecule has 4 heteroatoms. The second-order valence-corrected chi connectivity index (χ2v) is 7.18. The summed E-state index contributed by atoms with van der Waals surface area (Å²) in [4.78, 5) is 11.8. The van der Waals surface area contributed by atoms with Crippen molar-refractivity contribution in [3.8, 4) is 28.2 Å².